The predicted molar refractivity (Wildman–Crippen MR) is 57.4 cm³/mol. The summed E-state index contributed by atoms with van der Waals surface area (Å²) in [5.74, 6) is -0.377. The molecular weight excluding hydrogens is 192 g/mol. The van der Waals surface area contributed by atoms with E-state index >= 15 is 0 Å². The lowest BCUT2D eigenvalue weighted by atomic mass is 9.73. The fraction of sp³-hybridized carbons (Fsp3) is 0.667. The summed E-state index contributed by atoms with van der Waals surface area (Å²) in [4.78, 5) is 23.7. The van der Waals surface area contributed by atoms with Crippen LogP contribution in [-0.2, 0) is 14.3 Å². The molecule has 1 rings (SSSR count). The van der Waals surface area contributed by atoms with Crippen LogP contribution in [0.1, 0.15) is 39.5 Å². The van der Waals surface area contributed by atoms with E-state index in [2.05, 4.69) is 0 Å². The molecule has 0 aliphatic heterocycles. The van der Waals surface area contributed by atoms with Crippen LogP contribution in [0.15, 0.2) is 12.2 Å². The lowest BCUT2D eigenvalue weighted by Gasteiger charge is -2.30. The van der Waals surface area contributed by atoms with Crippen molar-refractivity contribution in [1.29, 1.82) is 0 Å². The molecule has 1 atom stereocenters. The smallest absolute Gasteiger partial charge is 0.323 e. The van der Waals surface area contributed by atoms with Gasteiger partial charge in [0.15, 0.2) is 5.78 Å². The van der Waals surface area contributed by atoms with Gasteiger partial charge in [0.1, 0.15) is 5.41 Å². The second kappa shape index (κ2) is 5.10. The number of Topliss-reactive ketones (excluding diaryl/α,β-unsaturated/α-hetero) is 1. The van der Waals surface area contributed by atoms with Crippen LogP contribution >= 0.6 is 0 Å². The van der Waals surface area contributed by atoms with E-state index in [1.165, 1.54) is 0 Å². The first-order valence-corrected chi connectivity index (χ1v) is 5.51. The zero-order valence-electron chi connectivity index (χ0n) is 9.41. The molecule has 0 saturated heterocycles. The van der Waals surface area contributed by atoms with E-state index in [4.69, 9.17) is 4.74 Å². The molecule has 1 aliphatic rings. The van der Waals surface area contributed by atoms with Gasteiger partial charge < -0.3 is 4.74 Å². The summed E-state index contributed by atoms with van der Waals surface area (Å²) in [7, 11) is 0. The lowest BCUT2D eigenvalue weighted by Crippen LogP contribution is -2.41. The Morgan fingerprint density at radius 2 is 2.27 bits per heavy atom. The third kappa shape index (κ3) is 2.28. The molecule has 0 heterocycles. The maximum atomic E-state index is 11.9. The van der Waals surface area contributed by atoms with E-state index in [0.717, 1.165) is 12.8 Å². The second-order valence-corrected chi connectivity index (χ2v) is 3.82. The summed E-state index contributed by atoms with van der Waals surface area (Å²) in [5, 5.41) is 0. The molecule has 0 radical (unpaired) electrons. The first kappa shape index (κ1) is 12.0. The fourth-order valence-electron chi connectivity index (χ4n) is 2.06. The number of carbonyl (C=O) groups excluding carboxylic acids is 2. The van der Waals surface area contributed by atoms with E-state index in [1.54, 1.807) is 19.1 Å². The minimum atomic E-state index is -0.983. The summed E-state index contributed by atoms with van der Waals surface area (Å²) in [6, 6.07) is 0. The van der Waals surface area contributed by atoms with Crippen molar-refractivity contribution in [3.63, 3.8) is 0 Å². The number of esters is 1. The third-order valence-corrected chi connectivity index (χ3v) is 2.81. The van der Waals surface area contributed by atoms with Crippen molar-refractivity contribution >= 4 is 11.8 Å². The molecule has 84 valence electrons. The van der Waals surface area contributed by atoms with Crippen LogP contribution in [0.4, 0.5) is 0 Å². The molecule has 0 amide bonds. The molecule has 0 bridgehead atoms. The summed E-state index contributed by atoms with van der Waals surface area (Å²) < 4.78 is 5.00. The Morgan fingerprint density at radius 1 is 1.53 bits per heavy atom. The minimum absolute atomic E-state index is 0.00491. The van der Waals surface area contributed by atoms with Crippen LogP contribution in [0.3, 0.4) is 0 Å². The van der Waals surface area contributed by atoms with E-state index in [-0.39, 0.29) is 11.8 Å². The molecular formula is C12H18O3. The van der Waals surface area contributed by atoms with E-state index < -0.39 is 5.41 Å². The van der Waals surface area contributed by atoms with E-state index in [0.29, 0.717) is 19.4 Å². The van der Waals surface area contributed by atoms with Gasteiger partial charge in [0.2, 0.25) is 0 Å². The van der Waals surface area contributed by atoms with Gasteiger partial charge in [0, 0.05) is 6.42 Å². The number of hydrogen-bond acceptors (Lipinski definition) is 3. The average molecular weight is 210 g/mol. The molecule has 0 aromatic carbocycles. The Balaban J connectivity index is 2.95. The van der Waals surface area contributed by atoms with Gasteiger partial charge in [-0.1, -0.05) is 18.6 Å². The van der Waals surface area contributed by atoms with Crippen LogP contribution in [0.5, 0.6) is 0 Å². The molecule has 1 aliphatic carbocycles. The van der Waals surface area contributed by atoms with Gasteiger partial charge in [0.05, 0.1) is 6.61 Å². The highest BCUT2D eigenvalue weighted by molar-refractivity contribution is 6.06. The summed E-state index contributed by atoms with van der Waals surface area (Å²) >= 11 is 0. The summed E-state index contributed by atoms with van der Waals surface area (Å²) in [6.07, 6.45) is 6.34. The van der Waals surface area contributed by atoms with Gasteiger partial charge in [-0.05, 0) is 26.7 Å². The highest BCUT2D eigenvalue weighted by Gasteiger charge is 2.45. The minimum Gasteiger partial charge on any atom is -0.465 e. The van der Waals surface area contributed by atoms with Gasteiger partial charge >= 0.3 is 5.97 Å². The zero-order valence-corrected chi connectivity index (χ0v) is 9.41. The Bertz CT molecular complexity index is 281. The number of rotatable bonds is 3. The standard InChI is InChI=1S/C12H18O3/c1-3-8-12(11(14)15-4-2)9-6-5-7-10(12)13/h3,8H,4-7,9H2,1-2H3/b8-3+. The predicted octanol–water partition coefficient (Wildman–Crippen LogP) is 2.26. The highest BCUT2D eigenvalue weighted by atomic mass is 16.5. The van der Waals surface area contributed by atoms with Crippen LogP contribution in [0.2, 0.25) is 0 Å². The van der Waals surface area contributed by atoms with Crippen molar-refractivity contribution in [3.8, 4) is 0 Å². The van der Waals surface area contributed by atoms with Crippen molar-refractivity contribution in [2.45, 2.75) is 39.5 Å². The Morgan fingerprint density at radius 3 is 2.80 bits per heavy atom. The molecule has 1 fully saturated rings. The third-order valence-electron chi connectivity index (χ3n) is 2.81. The quantitative estimate of drug-likeness (QED) is 0.407. The average Bonchev–Trinajstić information content (AvgIpc) is 2.22. The van der Waals surface area contributed by atoms with Crippen LogP contribution in [0, 0.1) is 5.41 Å². The Labute approximate surface area is 90.5 Å². The van der Waals surface area contributed by atoms with Gasteiger partial charge in [-0.2, -0.15) is 0 Å². The molecule has 0 spiro atoms. The normalized spacial score (nSPS) is 26.9. The fourth-order valence-corrected chi connectivity index (χ4v) is 2.06. The van der Waals surface area contributed by atoms with Gasteiger partial charge in [-0.25, -0.2) is 0 Å². The number of hydrogen-bond donors (Lipinski definition) is 0. The van der Waals surface area contributed by atoms with E-state index in [9.17, 15) is 9.59 Å². The topological polar surface area (TPSA) is 43.4 Å². The molecule has 0 N–H and O–H groups in total. The van der Waals surface area contributed by atoms with Gasteiger partial charge in [-0.3, -0.25) is 9.59 Å². The van der Waals surface area contributed by atoms with Crippen molar-refractivity contribution in [3.05, 3.63) is 12.2 Å². The SMILES string of the molecule is C/C=C/C1(C(=O)OCC)CCCCC1=O. The molecule has 0 aromatic rings. The number of allylic oxidation sites excluding steroid dienone is 1. The zero-order chi connectivity index (χ0) is 11.3. The Hall–Kier alpha value is -1.12. The van der Waals surface area contributed by atoms with Gasteiger partial charge in [0.25, 0.3) is 0 Å². The van der Waals surface area contributed by atoms with Crippen molar-refractivity contribution < 1.29 is 14.3 Å². The van der Waals surface area contributed by atoms with E-state index in [1.807, 2.05) is 6.92 Å². The monoisotopic (exact) mass is 210 g/mol. The van der Waals surface area contributed by atoms with Crippen molar-refractivity contribution in [2.75, 3.05) is 6.61 Å². The number of carbonyl (C=O) groups is 2. The van der Waals surface area contributed by atoms with Crippen LogP contribution < -0.4 is 0 Å². The lowest BCUT2D eigenvalue weighted by molar-refractivity contribution is -0.158. The van der Waals surface area contributed by atoms with Gasteiger partial charge in [-0.15, -0.1) is 0 Å². The van der Waals surface area contributed by atoms with Crippen molar-refractivity contribution in [2.24, 2.45) is 5.41 Å². The Kier molecular flexibility index (Phi) is 4.06. The maximum Gasteiger partial charge on any atom is 0.323 e. The number of ketones is 1. The molecule has 15 heavy (non-hydrogen) atoms. The largest absolute Gasteiger partial charge is 0.465 e. The molecule has 0 aromatic heterocycles. The first-order valence-electron chi connectivity index (χ1n) is 5.51. The molecule has 3 nitrogen and oxygen atoms in total. The summed E-state index contributed by atoms with van der Waals surface area (Å²) in [5.41, 5.74) is -0.983. The summed E-state index contributed by atoms with van der Waals surface area (Å²) in [6.45, 7) is 3.91. The van der Waals surface area contributed by atoms with Crippen LogP contribution in [-0.4, -0.2) is 18.4 Å². The molecule has 3 heteroatoms. The first-order chi connectivity index (χ1) is 7.17. The maximum absolute atomic E-state index is 11.9. The molecule has 1 saturated carbocycles. The molecule has 1 unspecified atom stereocenters. The van der Waals surface area contributed by atoms with Crippen LogP contribution in [0.25, 0.3) is 0 Å². The second-order valence-electron chi connectivity index (χ2n) is 3.82. The highest BCUT2D eigenvalue weighted by Crippen LogP contribution is 2.36. The van der Waals surface area contributed by atoms with Crippen molar-refractivity contribution in [1.82, 2.24) is 0 Å². The number of ether oxygens (including phenoxy) is 1.